The fourth-order valence-corrected chi connectivity index (χ4v) is 1.79. The summed E-state index contributed by atoms with van der Waals surface area (Å²) < 4.78 is 9.68. The summed E-state index contributed by atoms with van der Waals surface area (Å²) in [5.41, 5.74) is 0.291. The van der Waals surface area contributed by atoms with E-state index in [1.54, 1.807) is 16.7 Å². The molecular weight excluding hydrogens is 238 g/mol. The summed E-state index contributed by atoms with van der Waals surface area (Å²) in [4.78, 5) is 30.5. The minimum Gasteiger partial charge on any atom is -0.451 e. The van der Waals surface area contributed by atoms with Crippen LogP contribution in [-0.4, -0.2) is 59.6 Å². The van der Waals surface area contributed by atoms with Crippen molar-refractivity contribution in [3.63, 3.8) is 0 Å². The molecule has 2 heterocycles. The molecule has 2 rings (SSSR count). The van der Waals surface area contributed by atoms with Crippen molar-refractivity contribution < 1.29 is 18.7 Å². The smallest absolute Gasteiger partial charge is 0.409 e. The second kappa shape index (κ2) is 5.52. The molecule has 1 saturated heterocycles. The number of oxazole rings is 1. The Kier molecular flexibility index (Phi) is 3.81. The van der Waals surface area contributed by atoms with Gasteiger partial charge >= 0.3 is 6.09 Å². The van der Waals surface area contributed by atoms with Crippen molar-refractivity contribution in [3.8, 4) is 0 Å². The molecule has 0 atom stereocenters. The highest BCUT2D eigenvalue weighted by molar-refractivity contribution is 5.92. The first kappa shape index (κ1) is 12.4. The zero-order chi connectivity index (χ0) is 13.0. The number of carbonyl (C=O) groups excluding carboxylic acids is 2. The zero-order valence-corrected chi connectivity index (χ0v) is 10.2. The lowest BCUT2D eigenvalue weighted by Gasteiger charge is -2.33. The number of hydrogen-bond donors (Lipinski definition) is 0. The molecule has 18 heavy (non-hydrogen) atoms. The average molecular weight is 253 g/mol. The maximum Gasteiger partial charge on any atom is 0.409 e. The molecule has 0 saturated carbocycles. The van der Waals surface area contributed by atoms with Crippen LogP contribution in [0.4, 0.5) is 4.79 Å². The molecule has 0 radical (unpaired) electrons. The van der Waals surface area contributed by atoms with Gasteiger partial charge in [0.1, 0.15) is 6.26 Å². The third-order valence-electron chi connectivity index (χ3n) is 2.74. The van der Waals surface area contributed by atoms with Crippen LogP contribution in [0, 0.1) is 0 Å². The van der Waals surface area contributed by atoms with Gasteiger partial charge in [-0.2, -0.15) is 0 Å². The van der Waals surface area contributed by atoms with E-state index in [-0.39, 0.29) is 12.0 Å². The fourth-order valence-electron chi connectivity index (χ4n) is 1.79. The van der Waals surface area contributed by atoms with Crippen LogP contribution in [0.5, 0.6) is 0 Å². The molecule has 0 aromatic carbocycles. The van der Waals surface area contributed by atoms with Crippen LogP contribution in [-0.2, 0) is 4.74 Å². The predicted molar refractivity (Wildman–Crippen MR) is 61.0 cm³/mol. The van der Waals surface area contributed by atoms with Crippen LogP contribution in [0.25, 0.3) is 0 Å². The van der Waals surface area contributed by atoms with E-state index in [1.165, 1.54) is 12.7 Å². The van der Waals surface area contributed by atoms with Crippen LogP contribution >= 0.6 is 0 Å². The fraction of sp³-hybridized carbons (Fsp3) is 0.545. The number of nitrogens with zero attached hydrogens (tertiary/aromatic N) is 3. The summed E-state index contributed by atoms with van der Waals surface area (Å²) in [7, 11) is 0. The molecule has 1 aliphatic heterocycles. The van der Waals surface area contributed by atoms with Crippen LogP contribution in [0.2, 0.25) is 0 Å². The molecule has 0 unspecified atom stereocenters. The highest BCUT2D eigenvalue weighted by atomic mass is 16.6. The van der Waals surface area contributed by atoms with Crippen LogP contribution < -0.4 is 0 Å². The van der Waals surface area contributed by atoms with E-state index in [1.807, 2.05) is 0 Å². The Labute approximate surface area is 104 Å². The van der Waals surface area contributed by atoms with Crippen molar-refractivity contribution >= 4 is 12.0 Å². The van der Waals surface area contributed by atoms with Crippen LogP contribution in [0.15, 0.2) is 17.1 Å². The highest BCUT2D eigenvalue weighted by Crippen LogP contribution is 2.08. The van der Waals surface area contributed by atoms with Gasteiger partial charge in [0, 0.05) is 26.2 Å². The van der Waals surface area contributed by atoms with Crippen molar-refractivity contribution in [1.82, 2.24) is 14.8 Å². The van der Waals surface area contributed by atoms with Crippen molar-refractivity contribution in [1.29, 1.82) is 0 Å². The van der Waals surface area contributed by atoms with Gasteiger partial charge in [-0.15, -0.1) is 0 Å². The van der Waals surface area contributed by atoms with Gasteiger partial charge < -0.3 is 19.0 Å². The molecular formula is C11H15N3O4. The molecule has 0 aliphatic carbocycles. The lowest BCUT2D eigenvalue weighted by Crippen LogP contribution is -2.50. The Balaban J connectivity index is 1.87. The van der Waals surface area contributed by atoms with Gasteiger partial charge in [-0.1, -0.05) is 0 Å². The monoisotopic (exact) mass is 253 g/mol. The maximum absolute atomic E-state index is 11.9. The Morgan fingerprint density at radius 1 is 1.33 bits per heavy atom. The summed E-state index contributed by atoms with van der Waals surface area (Å²) in [6, 6.07) is 0. The standard InChI is InChI=1S/C11H15N3O4/c1-2-18-11(16)14-5-3-13(4-6-14)10(15)9-7-17-8-12-9/h7-8H,2-6H2,1H3. The van der Waals surface area contributed by atoms with Crippen molar-refractivity contribution in [2.24, 2.45) is 0 Å². The highest BCUT2D eigenvalue weighted by Gasteiger charge is 2.26. The predicted octanol–water partition coefficient (Wildman–Crippen LogP) is 0.589. The molecule has 98 valence electrons. The first-order valence-corrected chi connectivity index (χ1v) is 5.81. The minimum atomic E-state index is -0.328. The van der Waals surface area contributed by atoms with E-state index in [2.05, 4.69) is 4.98 Å². The third-order valence-corrected chi connectivity index (χ3v) is 2.74. The van der Waals surface area contributed by atoms with Gasteiger partial charge in [-0.05, 0) is 6.92 Å². The van der Waals surface area contributed by atoms with Gasteiger partial charge in [-0.25, -0.2) is 9.78 Å². The van der Waals surface area contributed by atoms with Gasteiger partial charge in [-0.3, -0.25) is 4.79 Å². The molecule has 0 bridgehead atoms. The third kappa shape index (κ3) is 2.61. The van der Waals surface area contributed by atoms with E-state index < -0.39 is 0 Å². The largest absolute Gasteiger partial charge is 0.451 e. The molecule has 1 fully saturated rings. The van der Waals surface area contributed by atoms with E-state index in [0.29, 0.717) is 38.5 Å². The Bertz CT molecular complexity index is 410. The number of hydrogen-bond acceptors (Lipinski definition) is 5. The first-order valence-electron chi connectivity index (χ1n) is 5.81. The topological polar surface area (TPSA) is 75.9 Å². The molecule has 0 spiro atoms. The number of amides is 2. The molecule has 1 aromatic heterocycles. The van der Waals surface area contributed by atoms with Crippen molar-refractivity contribution in [3.05, 3.63) is 18.4 Å². The first-order chi connectivity index (χ1) is 8.72. The summed E-state index contributed by atoms with van der Waals surface area (Å²) in [6.45, 7) is 4.03. The summed E-state index contributed by atoms with van der Waals surface area (Å²) in [6.07, 6.45) is 2.22. The van der Waals surface area contributed by atoms with Crippen molar-refractivity contribution in [2.45, 2.75) is 6.92 Å². The quantitative estimate of drug-likeness (QED) is 0.771. The molecule has 1 aromatic rings. The number of piperazine rings is 1. The molecule has 2 amide bonds. The van der Waals surface area contributed by atoms with Crippen LogP contribution in [0.3, 0.4) is 0 Å². The minimum absolute atomic E-state index is 0.174. The van der Waals surface area contributed by atoms with Crippen LogP contribution in [0.1, 0.15) is 17.4 Å². The SMILES string of the molecule is CCOC(=O)N1CCN(C(=O)c2cocn2)CC1. The van der Waals surface area contributed by atoms with E-state index in [9.17, 15) is 9.59 Å². The van der Waals surface area contributed by atoms with Gasteiger partial charge in [0.15, 0.2) is 12.1 Å². The maximum atomic E-state index is 11.9. The second-order valence-corrected chi connectivity index (χ2v) is 3.85. The summed E-state index contributed by atoms with van der Waals surface area (Å²) in [5.74, 6) is -0.174. The van der Waals surface area contributed by atoms with Gasteiger partial charge in [0.2, 0.25) is 0 Å². The molecule has 7 heteroatoms. The molecule has 7 nitrogen and oxygen atoms in total. The Hall–Kier alpha value is -2.05. The summed E-state index contributed by atoms with van der Waals surface area (Å²) >= 11 is 0. The average Bonchev–Trinajstić information content (AvgIpc) is 2.92. The molecule has 0 N–H and O–H groups in total. The normalized spacial score (nSPS) is 15.6. The lowest BCUT2D eigenvalue weighted by molar-refractivity contribution is 0.0566. The summed E-state index contributed by atoms with van der Waals surface area (Å²) in [5, 5.41) is 0. The van der Waals surface area contributed by atoms with E-state index in [0.717, 1.165) is 0 Å². The lowest BCUT2D eigenvalue weighted by atomic mass is 10.3. The number of rotatable bonds is 2. The zero-order valence-electron chi connectivity index (χ0n) is 10.2. The van der Waals surface area contributed by atoms with Gasteiger partial charge in [0.05, 0.1) is 6.61 Å². The van der Waals surface area contributed by atoms with Gasteiger partial charge in [0.25, 0.3) is 5.91 Å². The van der Waals surface area contributed by atoms with E-state index in [4.69, 9.17) is 9.15 Å². The van der Waals surface area contributed by atoms with E-state index >= 15 is 0 Å². The second-order valence-electron chi connectivity index (χ2n) is 3.85. The number of ether oxygens (including phenoxy) is 1. The molecule has 1 aliphatic rings. The van der Waals surface area contributed by atoms with Crippen molar-refractivity contribution in [2.75, 3.05) is 32.8 Å². The Morgan fingerprint density at radius 2 is 2.00 bits per heavy atom. The number of aromatic nitrogens is 1. The number of carbonyl (C=O) groups is 2. The Morgan fingerprint density at radius 3 is 2.56 bits per heavy atom.